The van der Waals surface area contributed by atoms with E-state index >= 15 is 0 Å². The topological polar surface area (TPSA) is 76.4 Å². The summed E-state index contributed by atoms with van der Waals surface area (Å²) in [6, 6.07) is 13.7. The van der Waals surface area contributed by atoms with Crippen LogP contribution >= 0.6 is 12.2 Å². The van der Waals surface area contributed by atoms with E-state index in [0.717, 1.165) is 0 Å². The molecule has 0 fully saturated rings. The fourth-order valence-electron chi connectivity index (χ4n) is 1.87. The van der Waals surface area contributed by atoms with Crippen LogP contribution in [0.5, 0.6) is 5.75 Å². The van der Waals surface area contributed by atoms with Gasteiger partial charge in [-0.15, -0.1) is 0 Å². The Morgan fingerprint density at radius 1 is 1.14 bits per heavy atom. The van der Waals surface area contributed by atoms with Crippen LogP contribution in [-0.4, -0.2) is 16.6 Å². The number of hydrogen-bond donors (Lipinski definition) is 2. The van der Waals surface area contributed by atoms with Crippen molar-refractivity contribution in [3.05, 3.63) is 58.6 Å². The molecule has 2 aromatic carbocycles. The Labute approximate surface area is 133 Å². The summed E-state index contributed by atoms with van der Waals surface area (Å²) in [5, 5.41) is 17.0. The summed E-state index contributed by atoms with van der Waals surface area (Å²) in [6.45, 7) is 2.42. The van der Waals surface area contributed by atoms with Crippen LogP contribution < -0.4 is 15.4 Å². The van der Waals surface area contributed by atoms with Crippen LogP contribution in [0.2, 0.25) is 0 Å². The number of ether oxygens (including phenoxy) is 1. The SMILES string of the molecule is CCOc1ccccc1NC(=S)Nc1ccccc1[N+](=O)[O-]. The summed E-state index contributed by atoms with van der Waals surface area (Å²) in [4.78, 5) is 10.5. The molecule has 0 amide bonds. The number of hydrogen-bond acceptors (Lipinski definition) is 4. The van der Waals surface area contributed by atoms with Gasteiger partial charge in [0, 0.05) is 6.07 Å². The molecule has 6 nitrogen and oxygen atoms in total. The molecule has 7 heteroatoms. The molecule has 0 spiro atoms. The zero-order valence-electron chi connectivity index (χ0n) is 11.9. The van der Waals surface area contributed by atoms with Crippen molar-refractivity contribution in [2.75, 3.05) is 17.2 Å². The van der Waals surface area contributed by atoms with Crippen molar-refractivity contribution in [3.8, 4) is 5.75 Å². The second-order valence-corrected chi connectivity index (χ2v) is 4.69. The third-order valence-corrected chi connectivity index (χ3v) is 2.99. The van der Waals surface area contributed by atoms with Crippen LogP contribution in [-0.2, 0) is 0 Å². The number of para-hydroxylation sites is 4. The maximum absolute atomic E-state index is 11.0. The van der Waals surface area contributed by atoms with E-state index in [2.05, 4.69) is 10.6 Å². The Morgan fingerprint density at radius 3 is 2.41 bits per heavy atom. The number of benzene rings is 2. The van der Waals surface area contributed by atoms with E-state index in [0.29, 0.717) is 23.7 Å². The molecule has 0 unspecified atom stereocenters. The molecule has 0 saturated carbocycles. The monoisotopic (exact) mass is 317 g/mol. The summed E-state index contributed by atoms with van der Waals surface area (Å²) in [5.74, 6) is 0.664. The Morgan fingerprint density at radius 2 is 1.73 bits per heavy atom. The molecule has 22 heavy (non-hydrogen) atoms. The molecule has 0 radical (unpaired) electrons. The first-order valence-corrected chi connectivity index (χ1v) is 7.06. The average molecular weight is 317 g/mol. The van der Waals surface area contributed by atoms with Crippen LogP contribution in [0.15, 0.2) is 48.5 Å². The highest BCUT2D eigenvalue weighted by Gasteiger charge is 2.13. The number of nitro benzene ring substituents is 1. The number of nitrogens with one attached hydrogen (secondary N) is 2. The van der Waals surface area contributed by atoms with Crippen LogP contribution in [0.25, 0.3) is 0 Å². The molecule has 0 saturated heterocycles. The largest absolute Gasteiger partial charge is 0.492 e. The van der Waals surface area contributed by atoms with Crippen LogP contribution in [0.4, 0.5) is 17.1 Å². The molecule has 0 aliphatic rings. The van der Waals surface area contributed by atoms with Crippen LogP contribution in [0.3, 0.4) is 0 Å². The lowest BCUT2D eigenvalue weighted by atomic mass is 10.2. The van der Waals surface area contributed by atoms with E-state index in [1.165, 1.54) is 6.07 Å². The van der Waals surface area contributed by atoms with E-state index < -0.39 is 4.92 Å². The first-order valence-electron chi connectivity index (χ1n) is 6.65. The predicted molar refractivity (Wildman–Crippen MR) is 90.6 cm³/mol. The lowest BCUT2D eigenvalue weighted by molar-refractivity contribution is -0.383. The van der Waals surface area contributed by atoms with Gasteiger partial charge in [0.1, 0.15) is 11.4 Å². The molecule has 0 aliphatic carbocycles. The standard InChI is InChI=1S/C15H15N3O3S/c1-2-21-14-10-6-4-8-12(14)17-15(22)16-11-7-3-5-9-13(11)18(19)20/h3-10H,2H2,1H3,(H2,16,17,22). The van der Waals surface area contributed by atoms with Crippen molar-refractivity contribution < 1.29 is 9.66 Å². The summed E-state index contributed by atoms with van der Waals surface area (Å²) in [5.41, 5.74) is 0.990. The van der Waals surface area contributed by atoms with E-state index in [9.17, 15) is 10.1 Å². The molecular weight excluding hydrogens is 302 g/mol. The van der Waals surface area contributed by atoms with Crippen LogP contribution in [0, 0.1) is 10.1 Å². The van der Waals surface area contributed by atoms with Crippen molar-refractivity contribution in [1.29, 1.82) is 0 Å². The molecule has 0 aromatic heterocycles. The Hall–Kier alpha value is -2.67. The molecule has 2 rings (SSSR count). The van der Waals surface area contributed by atoms with Gasteiger partial charge < -0.3 is 15.4 Å². The quantitative estimate of drug-likeness (QED) is 0.496. The fraction of sp³-hybridized carbons (Fsp3) is 0.133. The zero-order valence-corrected chi connectivity index (χ0v) is 12.7. The maximum Gasteiger partial charge on any atom is 0.292 e. The summed E-state index contributed by atoms with van der Waals surface area (Å²) >= 11 is 5.21. The second-order valence-electron chi connectivity index (χ2n) is 4.28. The summed E-state index contributed by atoms with van der Waals surface area (Å²) < 4.78 is 5.49. The number of nitrogens with zero attached hydrogens (tertiary/aromatic N) is 1. The molecule has 114 valence electrons. The van der Waals surface area contributed by atoms with E-state index in [1.54, 1.807) is 18.2 Å². The van der Waals surface area contributed by atoms with Crippen molar-refractivity contribution in [2.24, 2.45) is 0 Å². The molecule has 0 aliphatic heterocycles. The summed E-state index contributed by atoms with van der Waals surface area (Å²) in [6.07, 6.45) is 0. The van der Waals surface area contributed by atoms with Crippen LogP contribution in [0.1, 0.15) is 6.92 Å². The van der Waals surface area contributed by atoms with Gasteiger partial charge in [0.2, 0.25) is 0 Å². The fourth-order valence-corrected chi connectivity index (χ4v) is 2.09. The van der Waals surface area contributed by atoms with E-state index in [-0.39, 0.29) is 10.8 Å². The number of nitro groups is 1. The minimum Gasteiger partial charge on any atom is -0.492 e. The van der Waals surface area contributed by atoms with Crippen molar-refractivity contribution in [3.63, 3.8) is 0 Å². The number of rotatable bonds is 5. The number of anilines is 2. The van der Waals surface area contributed by atoms with Gasteiger partial charge in [-0.25, -0.2) is 0 Å². The van der Waals surface area contributed by atoms with Gasteiger partial charge >= 0.3 is 0 Å². The minimum atomic E-state index is -0.459. The van der Waals surface area contributed by atoms with Gasteiger partial charge in [-0.3, -0.25) is 10.1 Å². The molecular formula is C15H15N3O3S. The third-order valence-electron chi connectivity index (χ3n) is 2.78. The van der Waals surface area contributed by atoms with E-state index in [4.69, 9.17) is 17.0 Å². The molecule has 2 aromatic rings. The van der Waals surface area contributed by atoms with Gasteiger partial charge in [-0.05, 0) is 37.3 Å². The predicted octanol–water partition coefficient (Wildman–Crippen LogP) is 3.80. The lowest BCUT2D eigenvalue weighted by Gasteiger charge is -2.14. The average Bonchev–Trinajstić information content (AvgIpc) is 2.50. The first kappa shape index (κ1) is 15.7. The van der Waals surface area contributed by atoms with Crippen molar-refractivity contribution >= 4 is 34.4 Å². The van der Waals surface area contributed by atoms with Crippen molar-refractivity contribution in [2.45, 2.75) is 6.92 Å². The Balaban J connectivity index is 2.13. The van der Waals surface area contributed by atoms with Gasteiger partial charge in [-0.2, -0.15) is 0 Å². The molecule has 0 atom stereocenters. The Bertz CT molecular complexity index is 691. The first-order chi connectivity index (χ1) is 10.6. The smallest absolute Gasteiger partial charge is 0.292 e. The highest BCUT2D eigenvalue weighted by atomic mass is 32.1. The maximum atomic E-state index is 11.0. The van der Waals surface area contributed by atoms with E-state index in [1.807, 2.05) is 31.2 Å². The zero-order chi connectivity index (χ0) is 15.9. The molecule has 0 heterocycles. The number of thiocarbonyl (C=S) groups is 1. The second kappa shape index (κ2) is 7.37. The highest BCUT2D eigenvalue weighted by Crippen LogP contribution is 2.26. The third kappa shape index (κ3) is 3.92. The summed E-state index contributed by atoms with van der Waals surface area (Å²) in [7, 11) is 0. The lowest BCUT2D eigenvalue weighted by Crippen LogP contribution is -2.20. The highest BCUT2D eigenvalue weighted by molar-refractivity contribution is 7.80. The molecule has 2 N–H and O–H groups in total. The van der Waals surface area contributed by atoms with Gasteiger partial charge in [-0.1, -0.05) is 24.3 Å². The van der Waals surface area contributed by atoms with Gasteiger partial charge in [0.05, 0.1) is 17.2 Å². The van der Waals surface area contributed by atoms with Gasteiger partial charge in [0.25, 0.3) is 5.69 Å². The minimum absolute atomic E-state index is 0.0373. The normalized spacial score (nSPS) is 9.86. The Kier molecular flexibility index (Phi) is 5.26. The molecule has 0 bridgehead atoms. The van der Waals surface area contributed by atoms with Crippen molar-refractivity contribution in [1.82, 2.24) is 0 Å². The van der Waals surface area contributed by atoms with Gasteiger partial charge in [0.15, 0.2) is 5.11 Å².